The maximum atomic E-state index is 6.15. The van der Waals surface area contributed by atoms with Crippen LogP contribution in [0.25, 0.3) is 0 Å². The van der Waals surface area contributed by atoms with Crippen LogP contribution in [0, 0.1) is 0 Å². The molecule has 2 nitrogen and oxygen atoms in total. The highest BCUT2D eigenvalue weighted by Gasteiger charge is 2.40. The summed E-state index contributed by atoms with van der Waals surface area (Å²) in [5.41, 5.74) is 8.56. The number of benzene rings is 1. The lowest BCUT2D eigenvalue weighted by Crippen LogP contribution is -2.19. The minimum Gasteiger partial charge on any atom is -0.377 e. The second-order valence-electron chi connectivity index (χ2n) is 4.22. The zero-order valence-electron chi connectivity index (χ0n) is 8.55. The summed E-state index contributed by atoms with van der Waals surface area (Å²) in [6, 6.07) is 6.37. The fraction of sp³-hybridized carbons (Fsp3) is 0.455. The van der Waals surface area contributed by atoms with Crippen LogP contribution in [0.5, 0.6) is 0 Å². The predicted molar refractivity (Wildman–Crippen MR) is 63.6 cm³/mol. The molecule has 0 spiro atoms. The van der Waals surface area contributed by atoms with Gasteiger partial charge >= 0.3 is 0 Å². The third-order valence-electron chi connectivity index (χ3n) is 2.79. The molecule has 3 heteroatoms. The van der Waals surface area contributed by atoms with Crippen LogP contribution in [0.1, 0.15) is 18.4 Å². The molecule has 2 N–H and O–H groups in total. The van der Waals surface area contributed by atoms with Crippen LogP contribution >= 0.6 is 15.9 Å². The molecular formula is C11H15BrN2. The summed E-state index contributed by atoms with van der Waals surface area (Å²) in [7, 11) is 4.08. The largest absolute Gasteiger partial charge is 0.377 e. The van der Waals surface area contributed by atoms with Crippen molar-refractivity contribution in [2.24, 2.45) is 5.73 Å². The molecule has 76 valence electrons. The van der Waals surface area contributed by atoms with E-state index in [1.807, 2.05) is 14.1 Å². The van der Waals surface area contributed by atoms with Crippen LogP contribution in [0.4, 0.5) is 5.69 Å². The molecule has 0 radical (unpaired) electrons. The third kappa shape index (κ3) is 1.66. The van der Waals surface area contributed by atoms with E-state index in [4.69, 9.17) is 5.73 Å². The normalized spacial score (nSPS) is 18.0. The standard InChI is InChI=1S/C11H15BrN2/c1-14(2)10-7-8(3-4-9(10)12)11(13)5-6-11/h3-4,7H,5-6,13H2,1-2H3. The predicted octanol–water partition coefficient (Wildman–Crippen LogP) is 2.46. The van der Waals surface area contributed by atoms with Crippen molar-refractivity contribution in [2.45, 2.75) is 18.4 Å². The maximum Gasteiger partial charge on any atom is 0.0508 e. The fourth-order valence-corrected chi connectivity index (χ4v) is 2.19. The van der Waals surface area contributed by atoms with Crippen molar-refractivity contribution in [2.75, 3.05) is 19.0 Å². The summed E-state index contributed by atoms with van der Waals surface area (Å²) >= 11 is 3.54. The first-order valence-corrected chi connectivity index (χ1v) is 5.58. The van der Waals surface area contributed by atoms with Crippen molar-refractivity contribution >= 4 is 21.6 Å². The van der Waals surface area contributed by atoms with Gasteiger partial charge in [-0.2, -0.15) is 0 Å². The van der Waals surface area contributed by atoms with E-state index in [1.165, 1.54) is 11.3 Å². The van der Waals surface area contributed by atoms with Gasteiger partial charge in [-0.05, 0) is 46.5 Å². The number of halogens is 1. The average molecular weight is 255 g/mol. The molecular weight excluding hydrogens is 240 g/mol. The molecule has 1 saturated carbocycles. The SMILES string of the molecule is CN(C)c1cc(C2(N)CC2)ccc1Br. The number of nitrogens with two attached hydrogens (primary N) is 1. The lowest BCUT2D eigenvalue weighted by atomic mass is 10.1. The topological polar surface area (TPSA) is 29.3 Å². The molecule has 1 aromatic carbocycles. The minimum atomic E-state index is -0.0362. The Morgan fingerprint density at radius 1 is 1.36 bits per heavy atom. The molecule has 0 atom stereocenters. The van der Waals surface area contributed by atoms with Gasteiger partial charge in [0.05, 0.1) is 5.69 Å². The smallest absolute Gasteiger partial charge is 0.0508 e. The van der Waals surface area contributed by atoms with Crippen molar-refractivity contribution < 1.29 is 0 Å². The van der Waals surface area contributed by atoms with Gasteiger partial charge in [0.15, 0.2) is 0 Å². The Kier molecular flexibility index (Phi) is 2.32. The third-order valence-corrected chi connectivity index (χ3v) is 3.46. The van der Waals surface area contributed by atoms with Crippen LogP contribution in [0.2, 0.25) is 0 Å². The first-order valence-electron chi connectivity index (χ1n) is 4.79. The van der Waals surface area contributed by atoms with Crippen molar-refractivity contribution in [3.8, 4) is 0 Å². The Labute approximate surface area is 93.2 Å². The quantitative estimate of drug-likeness (QED) is 0.879. The van der Waals surface area contributed by atoms with Crippen LogP contribution in [-0.2, 0) is 5.54 Å². The molecule has 1 aliphatic rings. The zero-order valence-corrected chi connectivity index (χ0v) is 10.1. The molecule has 14 heavy (non-hydrogen) atoms. The summed E-state index contributed by atoms with van der Waals surface area (Å²) in [6.45, 7) is 0. The van der Waals surface area contributed by atoms with Gasteiger partial charge < -0.3 is 10.6 Å². The van der Waals surface area contributed by atoms with Crippen LogP contribution in [-0.4, -0.2) is 14.1 Å². The molecule has 0 amide bonds. The van der Waals surface area contributed by atoms with Gasteiger partial charge in [-0.15, -0.1) is 0 Å². The Hall–Kier alpha value is -0.540. The molecule has 2 rings (SSSR count). The Bertz CT molecular complexity index is 356. The van der Waals surface area contributed by atoms with Crippen molar-refractivity contribution in [3.63, 3.8) is 0 Å². The van der Waals surface area contributed by atoms with E-state index < -0.39 is 0 Å². The fourth-order valence-electron chi connectivity index (χ4n) is 1.59. The molecule has 1 aliphatic carbocycles. The average Bonchev–Trinajstić information content (AvgIpc) is 2.85. The van der Waals surface area contributed by atoms with Gasteiger partial charge in [-0.3, -0.25) is 0 Å². The van der Waals surface area contributed by atoms with E-state index in [0.717, 1.165) is 17.3 Å². The van der Waals surface area contributed by atoms with Gasteiger partial charge in [0.1, 0.15) is 0 Å². The van der Waals surface area contributed by atoms with E-state index in [0.29, 0.717) is 0 Å². The lowest BCUT2D eigenvalue weighted by Gasteiger charge is -2.18. The van der Waals surface area contributed by atoms with Gasteiger partial charge in [-0.1, -0.05) is 6.07 Å². The van der Waals surface area contributed by atoms with Crippen LogP contribution in [0.15, 0.2) is 22.7 Å². The first kappa shape index (κ1) is 9.99. The molecule has 1 fully saturated rings. The Morgan fingerprint density at radius 3 is 2.50 bits per heavy atom. The van der Waals surface area contributed by atoms with Gasteiger partial charge in [0.25, 0.3) is 0 Å². The first-order chi connectivity index (χ1) is 6.53. The van der Waals surface area contributed by atoms with Crippen LogP contribution < -0.4 is 10.6 Å². The van der Waals surface area contributed by atoms with Crippen molar-refractivity contribution in [1.29, 1.82) is 0 Å². The highest BCUT2D eigenvalue weighted by atomic mass is 79.9. The summed E-state index contributed by atoms with van der Waals surface area (Å²) in [5, 5.41) is 0. The van der Waals surface area contributed by atoms with E-state index in [2.05, 4.69) is 39.0 Å². The highest BCUT2D eigenvalue weighted by Crippen LogP contribution is 2.44. The van der Waals surface area contributed by atoms with Gasteiger partial charge in [0, 0.05) is 24.1 Å². The molecule has 0 aliphatic heterocycles. The van der Waals surface area contributed by atoms with Crippen molar-refractivity contribution in [3.05, 3.63) is 28.2 Å². The van der Waals surface area contributed by atoms with E-state index >= 15 is 0 Å². The summed E-state index contributed by atoms with van der Waals surface area (Å²) < 4.78 is 1.12. The molecule has 0 heterocycles. The van der Waals surface area contributed by atoms with Gasteiger partial charge in [0.2, 0.25) is 0 Å². The summed E-state index contributed by atoms with van der Waals surface area (Å²) in [4.78, 5) is 2.10. The number of hydrogen-bond acceptors (Lipinski definition) is 2. The molecule has 0 aromatic heterocycles. The maximum absolute atomic E-state index is 6.15. The number of anilines is 1. The van der Waals surface area contributed by atoms with Gasteiger partial charge in [-0.25, -0.2) is 0 Å². The number of hydrogen-bond donors (Lipinski definition) is 1. The molecule has 0 unspecified atom stereocenters. The second kappa shape index (κ2) is 3.24. The molecule has 0 bridgehead atoms. The lowest BCUT2D eigenvalue weighted by molar-refractivity contribution is 0.739. The molecule has 1 aromatic rings. The minimum absolute atomic E-state index is 0.0362. The Balaban J connectivity index is 2.41. The van der Waals surface area contributed by atoms with E-state index in [1.54, 1.807) is 0 Å². The number of rotatable bonds is 2. The molecule has 0 saturated heterocycles. The second-order valence-corrected chi connectivity index (χ2v) is 5.07. The van der Waals surface area contributed by atoms with Crippen LogP contribution in [0.3, 0.4) is 0 Å². The van der Waals surface area contributed by atoms with E-state index in [-0.39, 0.29) is 5.54 Å². The monoisotopic (exact) mass is 254 g/mol. The summed E-state index contributed by atoms with van der Waals surface area (Å²) in [5.74, 6) is 0. The van der Waals surface area contributed by atoms with Crippen molar-refractivity contribution in [1.82, 2.24) is 0 Å². The number of nitrogens with zero attached hydrogens (tertiary/aromatic N) is 1. The van der Waals surface area contributed by atoms with E-state index in [9.17, 15) is 0 Å². The Morgan fingerprint density at radius 2 is 2.00 bits per heavy atom. The summed E-state index contributed by atoms with van der Waals surface area (Å²) in [6.07, 6.45) is 2.23. The zero-order chi connectivity index (χ0) is 10.3. The highest BCUT2D eigenvalue weighted by molar-refractivity contribution is 9.10.